The maximum atomic E-state index is 13.8. The molecule has 0 aromatic heterocycles. The van der Waals surface area contributed by atoms with Gasteiger partial charge in [0.25, 0.3) is 18.2 Å². The first-order valence-corrected chi connectivity index (χ1v) is 11.5. The lowest BCUT2D eigenvalue weighted by molar-refractivity contribution is -0.133. The third-order valence-electron chi connectivity index (χ3n) is 6.60. The summed E-state index contributed by atoms with van der Waals surface area (Å²) in [5.41, 5.74) is 5.46. The van der Waals surface area contributed by atoms with Crippen LogP contribution in [0.5, 0.6) is 0 Å². The van der Waals surface area contributed by atoms with Crippen molar-refractivity contribution in [3.8, 4) is 0 Å². The number of primary amides is 1. The van der Waals surface area contributed by atoms with Gasteiger partial charge in [0.1, 0.15) is 6.61 Å². The fraction of sp³-hybridized carbons (Fsp3) is 0.609. The minimum absolute atomic E-state index is 0.0862. The van der Waals surface area contributed by atoms with Gasteiger partial charge in [-0.05, 0) is 55.7 Å². The Labute approximate surface area is 191 Å². The Kier molecular flexibility index (Phi) is 7.23. The second kappa shape index (κ2) is 10.1. The van der Waals surface area contributed by atoms with E-state index in [1.54, 1.807) is 0 Å². The minimum Gasteiger partial charge on any atom is -0.370 e. The van der Waals surface area contributed by atoms with E-state index in [1.165, 1.54) is 17.0 Å². The molecule has 3 aliphatic rings. The van der Waals surface area contributed by atoms with Gasteiger partial charge in [-0.1, -0.05) is 6.42 Å². The van der Waals surface area contributed by atoms with E-state index in [-0.39, 0.29) is 36.7 Å². The van der Waals surface area contributed by atoms with Crippen LogP contribution in [0.15, 0.2) is 18.2 Å². The highest BCUT2D eigenvalue weighted by atomic mass is 19.3. The number of nitrogens with zero attached hydrogens (tertiary/aromatic N) is 2. The average molecular weight is 465 g/mol. The van der Waals surface area contributed by atoms with Crippen molar-refractivity contribution in [3.05, 3.63) is 23.8 Å². The Morgan fingerprint density at radius 1 is 1.18 bits per heavy atom. The van der Waals surface area contributed by atoms with E-state index < -0.39 is 30.2 Å². The molecule has 1 aromatic carbocycles. The summed E-state index contributed by atoms with van der Waals surface area (Å²) in [5, 5.41) is 2.60. The minimum atomic E-state index is -2.86. The van der Waals surface area contributed by atoms with Gasteiger partial charge in [-0.25, -0.2) is 8.78 Å². The third kappa shape index (κ3) is 5.67. The van der Waals surface area contributed by atoms with E-state index in [4.69, 9.17) is 10.5 Å². The van der Waals surface area contributed by atoms with Gasteiger partial charge in [0.2, 0.25) is 5.91 Å². The smallest absolute Gasteiger partial charge is 0.265 e. The van der Waals surface area contributed by atoms with E-state index in [0.717, 1.165) is 38.2 Å². The molecule has 4 rings (SSSR count). The van der Waals surface area contributed by atoms with Gasteiger partial charge >= 0.3 is 0 Å². The van der Waals surface area contributed by atoms with Crippen LogP contribution in [-0.4, -0.2) is 61.5 Å². The van der Waals surface area contributed by atoms with Crippen molar-refractivity contribution in [2.75, 3.05) is 43.1 Å². The number of hydrogen-bond donors (Lipinski definition) is 2. The quantitative estimate of drug-likeness (QED) is 0.517. The standard InChI is InChI=1S/C23H30F2N4O4/c24-21(25)17-10-16(6-7-18(17)29-8-9-33-13-19(29)30)27-23(32)20(22(26)31)28(12-15-4-5-15)11-14-2-1-3-14/h6-7,10,14-15,20-21H,1-5,8-9,11-13H2,(H2,26,31)(H,27,32)/t20-/m0/s1. The van der Waals surface area contributed by atoms with Crippen LogP contribution in [0.25, 0.3) is 0 Å². The van der Waals surface area contributed by atoms with Gasteiger partial charge < -0.3 is 20.7 Å². The number of carbonyl (C=O) groups is 3. The Balaban J connectivity index is 1.52. The van der Waals surface area contributed by atoms with Crippen LogP contribution in [-0.2, 0) is 19.1 Å². The number of amides is 3. The highest BCUT2D eigenvalue weighted by molar-refractivity contribution is 6.09. The molecule has 1 aliphatic heterocycles. The Morgan fingerprint density at radius 2 is 1.88 bits per heavy atom. The molecular formula is C23H30F2N4O4. The summed E-state index contributed by atoms with van der Waals surface area (Å²) in [6.45, 7) is 1.51. The summed E-state index contributed by atoms with van der Waals surface area (Å²) >= 11 is 0. The number of ether oxygens (including phenoxy) is 1. The van der Waals surface area contributed by atoms with Gasteiger partial charge in [-0.2, -0.15) is 0 Å². The first-order chi connectivity index (χ1) is 15.8. The van der Waals surface area contributed by atoms with Gasteiger partial charge in [0.15, 0.2) is 6.04 Å². The molecule has 1 saturated heterocycles. The number of morpholine rings is 1. The summed E-state index contributed by atoms with van der Waals surface area (Å²) in [6, 6.07) is 2.82. The summed E-state index contributed by atoms with van der Waals surface area (Å²) in [6.07, 6.45) is 2.54. The number of hydrogen-bond acceptors (Lipinski definition) is 5. The van der Waals surface area contributed by atoms with Crippen LogP contribution < -0.4 is 16.0 Å². The maximum Gasteiger partial charge on any atom is 0.265 e. The van der Waals surface area contributed by atoms with Crippen LogP contribution in [0.2, 0.25) is 0 Å². The summed E-state index contributed by atoms with van der Waals surface area (Å²) < 4.78 is 32.7. The molecule has 1 heterocycles. The van der Waals surface area contributed by atoms with Crippen molar-refractivity contribution in [1.29, 1.82) is 0 Å². The second-order valence-electron chi connectivity index (χ2n) is 9.16. The molecule has 3 fully saturated rings. The molecule has 0 spiro atoms. The molecular weight excluding hydrogens is 434 g/mol. The number of rotatable bonds is 10. The normalized spacial score (nSPS) is 20.1. The number of alkyl halides is 2. The van der Waals surface area contributed by atoms with Gasteiger partial charge in [0, 0.05) is 30.9 Å². The van der Waals surface area contributed by atoms with Crippen LogP contribution in [0.1, 0.15) is 44.1 Å². The highest BCUT2D eigenvalue weighted by Crippen LogP contribution is 2.35. The first kappa shape index (κ1) is 23.6. The van der Waals surface area contributed by atoms with E-state index in [9.17, 15) is 23.2 Å². The molecule has 1 aromatic rings. The number of benzene rings is 1. The van der Waals surface area contributed by atoms with E-state index >= 15 is 0 Å². The van der Waals surface area contributed by atoms with Gasteiger partial charge in [-0.3, -0.25) is 19.3 Å². The number of carbonyl (C=O) groups excluding carboxylic acids is 3. The van der Waals surface area contributed by atoms with E-state index in [2.05, 4.69) is 5.32 Å². The predicted octanol–water partition coefficient (Wildman–Crippen LogP) is 2.29. The number of nitrogens with one attached hydrogen (secondary N) is 1. The fourth-order valence-corrected chi connectivity index (χ4v) is 4.44. The number of anilines is 2. The fourth-order valence-electron chi connectivity index (χ4n) is 4.44. The second-order valence-corrected chi connectivity index (χ2v) is 9.16. The molecule has 1 atom stereocenters. The van der Waals surface area contributed by atoms with Crippen LogP contribution >= 0.6 is 0 Å². The molecule has 180 valence electrons. The van der Waals surface area contributed by atoms with Crippen LogP contribution in [0.3, 0.4) is 0 Å². The molecule has 2 aliphatic carbocycles. The zero-order valence-electron chi connectivity index (χ0n) is 18.5. The maximum absolute atomic E-state index is 13.8. The van der Waals surface area contributed by atoms with Crippen molar-refractivity contribution >= 4 is 29.1 Å². The topological polar surface area (TPSA) is 105 Å². The van der Waals surface area contributed by atoms with E-state index in [1.807, 2.05) is 4.90 Å². The van der Waals surface area contributed by atoms with Gasteiger partial charge in [-0.15, -0.1) is 0 Å². The van der Waals surface area contributed by atoms with Crippen LogP contribution in [0.4, 0.5) is 20.2 Å². The summed E-state index contributed by atoms with van der Waals surface area (Å²) in [4.78, 5) is 40.6. The molecule has 3 amide bonds. The molecule has 33 heavy (non-hydrogen) atoms. The third-order valence-corrected chi connectivity index (χ3v) is 6.60. The predicted molar refractivity (Wildman–Crippen MR) is 118 cm³/mol. The lowest BCUT2D eigenvalue weighted by atomic mass is 9.84. The number of halogens is 2. The van der Waals surface area contributed by atoms with Crippen molar-refractivity contribution in [2.45, 2.75) is 44.6 Å². The average Bonchev–Trinajstić information content (AvgIpc) is 3.55. The molecule has 0 radical (unpaired) electrons. The lowest BCUT2D eigenvalue weighted by Gasteiger charge is -2.35. The lowest BCUT2D eigenvalue weighted by Crippen LogP contribution is -2.54. The Bertz CT molecular complexity index is 904. The van der Waals surface area contributed by atoms with Crippen molar-refractivity contribution in [1.82, 2.24) is 4.90 Å². The zero-order chi connectivity index (χ0) is 23.5. The molecule has 2 saturated carbocycles. The van der Waals surface area contributed by atoms with Gasteiger partial charge in [0.05, 0.1) is 12.3 Å². The highest BCUT2D eigenvalue weighted by Gasteiger charge is 2.37. The molecule has 8 nitrogen and oxygen atoms in total. The molecule has 10 heteroatoms. The van der Waals surface area contributed by atoms with Crippen molar-refractivity contribution in [3.63, 3.8) is 0 Å². The number of nitrogens with two attached hydrogens (primary N) is 1. The molecule has 0 unspecified atom stereocenters. The first-order valence-electron chi connectivity index (χ1n) is 11.5. The summed E-state index contributed by atoms with van der Waals surface area (Å²) in [7, 11) is 0. The van der Waals surface area contributed by atoms with Crippen LogP contribution in [0, 0.1) is 11.8 Å². The summed E-state index contributed by atoms with van der Waals surface area (Å²) in [5.74, 6) is -0.889. The monoisotopic (exact) mass is 464 g/mol. The largest absolute Gasteiger partial charge is 0.370 e. The Hall–Kier alpha value is -2.59. The van der Waals surface area contributed by atoms with E-state index in [0.29, 0.717) is 24.9 Å². The Morgan fingerprint density at radius 3 is 2.42 bits per heavy atom. The van der Waals surface area contributed by atoms with Crippen molar-refractivity contribution < 1.29 is 27.9 Å². The molecule has 3 N–H and O–H groups in total. The van der Waals surface area contributed by atoms with Crippen molar-refractivity contribution in [2.24, 2.45) is 17.6 Å². The zero-order valence-corrected chi connectivity index (χ0v) is 18.5. The SMILES string of the molecule is NC(=O)[C@@H](C(=O)Nc1ccc(N2CCOCC2=O)c(C(F)F)c1)N(CC1CCC1)CC1CC1. The molecule has 0 bridgehead atoms.